The van der Waals surface area contributed by atoms with E-state index < -0.39 is 0 Å². The first-order chi connectivity index (χ1) is 12.7. The van der Waals surface area contributed by atoms with E-state index >= 15 is 0 Å². The SMILES string of the molecule is O=C1CCC(c2ccc(N=Cc3c(O)ccc4ccccc34)cc2)=NN1. The number of carbonyl (C=O) groups is 1. The molecule has 1 aliphatic heterocycles. The maximum absolute atomic E-state index is 11.2. The highest BCUT2D eigenvalue weighted by atomic mass is 16.3. The lowest BCUT2D eigenvalue weighted by atomic mass is 10.0. The van der Waals surface area contributed by atoms with E-state index in [9.17, 15) is 9.90 Å². The molecule has 0 aromatic heterocycles. The molecule has 3 aromatic rings. The number of rotatable bonds is 3. The van der Waals surface area contributed by atoms with Crippen LogP contribution in [-0.4, -0.2) is 22.9 Å². The average molecular weight is 343 g/mol. The summed E-state index contributed by atoms with van der Waals surface area (Å²) in [5, 5.41) is 16.3. The molecule has 0 aliphatic carbocycles. The number of aromatic hydroxyl groups is 1. The van der Waals surface area contributed by atoms with Crippen LogP contribution in [0.3, 0.4) is 0 Å². The lowest BCUT2D eigenvalue weighted by Gasteiger charge is -2.11. The summed E-state index contributed by atoms with van der Waals surface area (Å²) in [6.45, 7) is 0. The zero-order valence-electron chi connectivity index (χ0n) is 14.0. The van der Waals surface area contributed by atoms with E-state index in [1.165, 1.54) is 0 Å². The fourth-order valence-electron chi connectivity index (χ4n) is 2.98. The third-order valence-corrected chi connectivity index (χ3v) is 4.40. The van der Waals surface area contributed by atoms with E-state index in [1.54, 1.807) is 12.3 Å². The Morgan fingerprint density at radius 3 is 2.58 bits per heavy atom. The van der Waals surface area contributed by atoms with Crippen molar-refractivity contribution in [3.63, 3.8) is 0 Å². The van der Waals surface area contributed by atoms with Gasteiger partial charge in [-0.2, -0.15) is 5.10 Å². The summed E-state index contributed by atoms with van der Waals surface area (Å²) < 4.78 is 0. The maximum Gasteiger partial charge on any atom is 0.240 e. The lowest BCUT2D eigenvalue weighted by molar-refractivity contribution is -0.121. The number of aliphatic imine (C=N–C) groups is 1. The van der Waals surface area contributed by atoms with Crippen LogP contribution in [0.5, 0.6) is 5.75 Å². The summed E-state index contributed by atoms with van der Waals surface area (Å²) >= 11 is 0. The molecule has 0 atom stereocenters. The van der Waals surface area contributed by atoms with Crippen molar-refractivity contribution < 1.29 is 9.90 Å². The standard InChI is InChI=1S/C21H17N3O2/c25-20-11-7-14-3-1-2-4-17(14)18(20)13-22-16-8-5-15(6-9-16)19-10-12-21(26)24-23-19/h1-9,11,13,25H,10,12H2,(H,24,26). The first-order valence-electron chi connectivity index (χ1n) is 8.41. The van der Waals surface area contributed by atoms with Crippen LogP contribution in [0.15, 0.2) is 70.8 Å². The summed E-state index contributed by atoms with van der Waals surface area (Å²) in [7, 11) is 0. The number of phenolic OH excluding ortho intramolecular Hbond substituents is 1. The second kappa shape index (κ2) is 6.80. The van der Waals surface area contributed by atoms with Crippen LogP contribution in [-0.2, 0) is 4.79 Å². The fraction of sp³-hybridized carbons (Fsp3) is 0.0952. The number of carbonyl (C=O) groups excluding carboxylic acids is 1. The molecule has 26 heavy (non-hydrogen) atoms. The van der Waals surface area contributed by atoms with Crippen molar-refractivity contribution in [3.8, 4) is 5.75 Å². The molecule has 0 spiro atoms. The van der Waals surface area contributed by atoms with Crippen molar-refractivity contribution in [2.75, 3.05) is 0 Å². The van der Waals surface area contributed by atoms with Crippen molar-refractivity contribution in [1.82, 2.24) is 5.43 Å². The highest BCUT2D eigenvalue weighted by Gasteiger charge is 2.12. The van der Waals surface area contributed by atoms with Crippen LogP contribution in [0.1, 0.15) is 24.0 Å². The molecule has 3 aromatic carbocycles. The van der Waals surface area contributed by atoms with Crippen LogP contribution in [0.4, 0.5) is 5.69 Å². The minimum absolute atomic E-state index is 0.0511. The van der Waals surface area contributed by atoms with Gasteiger partial charge in [-0.3, -0.25) is 9.79 Å². The number of fused-ring (bicyclic) bond motifs is 1. The quantitative estimate of drug-likeness (QED) is 0.708. The third-order valence-electron chi connectivity index (χ3n) is 4.40. The Kier molecular flexibility index (Phi) is 4.19. The molecular formula is C21H17N3O2. The highest BCUT2D eigenvalue weighted by molar-refractivity contribution is 6.05. The van der Waals surface area contributed by atoms with Gasteiger partial charge in [0.05, 0.1) is 11.4 Å². The predicted octanol–water partition coefficient (Wildman–Crippen LogP) is 3.91. The summed E-state index contributed by atoms with van der Waals surface area (Å²) in [5.41, 5.74) is 5.82. The number of phenols is 1. The van der Waals surface area contributed by atoms with Gasteiger partial charge in [0.2, 0.25) is 5.91 Å². The Labute approximate surface area is 150 Å². The molecule has 0 bridgehead atoms. The van der Waals surface area contributed by atoms with Crippen LogP contribution in [0.2, 0.25) is 0 Å². The number of nitrogens with one attached hydrogen (secondary N) is 1. The topological polar surface area (TPSA) is 74.0 Å². The van der Waals surface area contributed by atoms with Crippen LogP contribution in [0, 0.1) is 0 Å². The van der Waals surface area contributed by atoms with E-state index in [0.717, 1.165) is 27.7 Å². The number of hydrazone groups is 1. The summed E-state index contributed by atoms with van der Waals surface area (Å²) in [5.74, 6) is 0.154. The highest BCUT2D eigenvalue weighted by Crippen LogP contribution is 2.26. The minimum Gasteiger partial charge on any atom is -0.507 e. The van der Waals surface area contributed by atoms with E-state index in [2.05, 4.69) is 15.5 Å². The molecule has 0 saturated heterocycles. The largest absolute Gasteiger partial charge is 0.507 e. The molecule has 1 heterocycles. The van der Waals surface area contributed by atoms with Gasteiger partial charge in [-0.05, 0) is 34.5 Å². The number of hydrogen-bond donors (Lipinski definition) is 2. The van der Waals surface area contributed by atoms with Crippen LogP contribution < -0.4 is 5.43 Å². The van der Waals surface area contributed by atoms with Crippen molar-refractivity contribution >= 4 is 34.3 Å². The second-order valence-corrected chi connectivity index (χ2v) is 6.12. The molecule has 5 nitrogen and oxygen atoms in total. The Morgan fingerprint density at radius 2 is 1.81 bits per heavy atom. The Morgan fingerprint density at radius 1 is 1.00 bits per heavy atom. The summed E-state index contributed by atoms with van der Waals surface area (Å²) in [6, 6.07) is 19.1. The van der Waals surface area contributed by atoms with Gasteiger partial charge >= 0.3 is 0 Å². The van der Waals surface area contributed by atoms with Gasteiger partial charge in [-0.15, -0.1) is 0 Å². The van der Waals surface area contributed by atoms with E-state index in [0.29, 0.717) is 18.4 Å². The van der Waals surface area contributed by atoms with Crippen molar-refractivity contribution in [2.45, 2.75) is 12.8 Å². The fourth-order valence-corrected chi connectivity index (χ4v) is 2.98. The van der Waals surface area contributed by atoms with Gasteiger partial charge in [-0.25, -0.2) is 5.43 Å². The molecule has 0 unspecified atom stereocenters. The smallest absolute Gasteiger partial charge is 0.240 e. The van der Waals surface area contributed by atoms with Crippen molar-refractivity contribution in [3.05, 3.63) is 71.8 Å². The molecular weight excluding hydrogens is 326 g/mol. The maximum atomic E-state index is 11.2. The number of hydrogen-bond acceptors (Lipinski definition) is 4. The van der Waals surface area contributed by atoms with E-state index in [4.69, 9.17) is 0 Å². The molecule has 1 amide bonds. The Hall–Kier alpha value is -3.47. The zero-order chi connectivity index (χ0) is 17.9. The summed E-state index contributed by atoms with van der Waals surface area (Å²) in [4.78, 5) is 15.7. The van der Waals surface area contributed by atoms with Crippen molar-refractivity contribution in [1.29, 1.82) is 0 Å². The minimum atomic E-state index is -0.0511. The van der Waals surface area contributed by atoms with E-state index in [-0.39, 0.29) is 11.7 Å². The Bertz CT molecular complexity index is 1040. The number of benzene rings is 3. The molecule has 0 radical (unpaired) electrons. The molecule has 1 aliphatic rings. The average Bonchev–Trinajstić information content (AvgIpc) is 2.68. The first-order valence-corrected chi connectivity index (χ1v) is 8.41. The summed E-state index contributed by atoms with van der Waals surface area (Å²) in [6.07, 6.45) is 2.78. The van der Waals surface area contributed by atoms with Crippen molar-refractivity contribution in [2.24, 2.45) is 10.1 Å². The molecule has 0 fully saturated rings. The monoisotopic (exact) mass is 343 g/mol. The number of amides is 1. The first kappa shape index (κ1) is 16.0. The van der Waals surface area contributed by atoms with Gasteiger partial charge in [0.1, 0.15) is 5.75 Å². The van der Waals surface area contributed by atoms with Gasteiger partial charge < -0.3 is 5.11 Å². The zero-order valence-corrected chi connectivity index (χ0v) is 14.0. The van der Waals surface area contributed by atoms with Crippen LogP contribution in [0.25, 0.3) is 10.8 Å². The van der Waals surface area contributed by atoms with Gasteiger partial charge in [-0.1, -0.05) is 42.5 Å². The van der Waals surface area contributed by atoms with E-state index in [1.807, 2.05) is 54.6 Å². The van der Waals surface area contributed by atoms with Gasteiger partial charge in [0.15, 0.2) is 0 Å². The normalized spacial score (nSPS) is 14.5. The van der Waals surface area contributed by atoms with Crippen LogP contribution >= 0.6 is 0 Å². The molecule has 5 heteroatoms. The molecule has 4 rings (SSSR count). The second-order valence-electron chi connectivity index (χ2n) is 6.12. The predicted molar refractivity (Wildman–Crippen MR) is 103 cm³/mol. The molecule has 2 N–H and O–H groups in total. The van der Waals surface area contributed by atoms with Gasteiger partial charge in [0, 0.05) is 24.6 Å². The molecule has 128 valence electrons. The number of nitrogens with zero attached hydrogens (tertiary/aromatic N) is 2. The van der Waals surface area contributed by atoms with Gasteiger partial charge in [0.25, 0.3) is 0 Å². The lowest BCUT2D eigenvalue weighted by Crippen LogP contribution is -2.25. The molecule has 0 saturated carbocycles. The third kappa shape index (κ3) is 3.19. The Balaban J connectivity index is 1.60.